The van der Waals surface area contributed by atoms with Gasteiger partial charge in [-0.1, -0.05) is 180 Å². The van der Waals surface area contributed by atoms with E-state index in [9.17, 15) is 60.3 Å². The second kappa shape index (κ2) is 38.4. The minimum absolute atomic E-state index is 0.248. The number of carbonyl (C=O) groups is 3. The number of unbranched alkanes of at least 4 members (excludes halogenated alkanes) is 25. The predicted molar refractivity (Wildman–Crippen MR) is 294 cm³/mol. The zero-order valence-corrected chi connectivity index (χ0v) is 47.9. The number of ether oxygens (including phenoxy) is 6. The molecule has 21 nitrogen and oxygen atoms in total. The van der Waals surface area contributed by atoms with Crippen LogP contribution in [0.5, 0.6) is 0 Å². The molecule has 0 aliphatic carbocycles. The third-order valence-corrected chi connectivity index (χ3v) is 15.9. The average Bonchev–Trinajstić information content (AvgIpc) is 3.60. The molecule has 79 heavy (non-hydrogen) atoms. The maximum atomic E-state index is 13.9. The smallest absolute Gasteiger partial charge is 0.280 e. The first-order valence-corrected chi connectivity index (χ1v) is 30.5. The van der Waals surface area contributed by atoms with E-state index >= 15 is 0 Å². The summed E-state index contributed by atoms with van der Waals surface area (Å²) in [6, 6.07) is -3.67. The lowest BCUT2D eigenvalue weighted by Crippen LogP contribution is -2.77. The molecule has 8 unspecified atom stereocenters. The minimum Gasteiger partial charge on any atom is -0.394 e. The zero-order valence-electron chi connectivity index (χ0n) is 47.9. The van der Waals surface area contributed by atoms with Crippen LogP contribution in [-0.4, -0.2) is 194 Å². The van der Waals surface area contributed by atoms with Crippen molar-refractivity contribution in [1.29, 1.82) is 0 Å². The Morgan fingerprint density at radius 2 is 1.28 bits per heavy atom. The molecule has 4 heterocycles. The number of morpholine rings is 1. The molecule has 460 valence electrons. The van der Waals surface area contributed by atoms with Gasteiger partial charge >= 0.3 is 0 Å². The van der Waals surface area contributed by atoms with Gasteiger partial charge in [-0.2, -0.15) is 0 Å². The molecule has 12 N–H and O–H groups in total. The Morgan fingerprint density at radius 1 is 0.734 bits per heavy atom. The quantitative estimate of drug-likeness (QED) is 0.0305. The van der Waals surface area contributed by atoms with E-state index < -0.39 is 142 Å². The number of fused-ring (bicyclic) bond motifs is 1. The van der Waals surface area contributed by atoms with Gasteiger partial charge in [0, 0.05) is 19.8 Å². The Kier molecular flexibility index (Phi) is 33.6. The summed E-state index contributed by atoms with van der Waals surface area (Å²) < 4.78 is 35.8. The third-order valence-electron chi connectivity index (χ3n) is 15.9. The first kappa shape index (κ1) is 69.0. The molecule has 0 saturated carbocycles. The molecule has 4 rings (SSSR count). The lowest BCUT2D eigenvalue weighted by atomic mass is 9.86. The molecule has 4 fully saturated rings. The van der Waals surface area contributed by atoms with Crippen molar-refractivity contribution >= 4 is 17.7 Å². The van der Waals surface area contributed by atoms with Crippen LogP contribution in [-0.2, 0) is 42.8 Å². The second-order valence-corrected chi connectivity index (χ2v) is 22.7. The number of nitrogens with one attached hydrogen (secondary N) is 3. The molecule has 0 aromatic rings. The van der Waals surface area contributed by atoms with Crippen LogP contribution in [0.25, 0.3) is 0 Å². The number of rotatable bonds is 41. The fourth-order valence-corrected chi connectivity index (χ4v) is 11.1. The van der Waals surface area contributed by atoms with Crippen LogP contribution < -0.4 is 16.0 Å². The van der Waals surface area contributed by atoms with E-state index in [0.717, 1.165) is 51.9 Å². The maximum absolute atomic E-state index is 13.9. The van der Waals surface area contributed by atoms with E-state index in [2.05, 4.69) is 29.8 Å². The summed E-state index contributed by atoms with van der Waals surface area (Å²) in [5.74, 6) is -4.34. The Bertz CT molecular complexity index is 1700. The molecule has 21 heteroatoms. The summed E-state index contributed by atoms with van der Waals surface area (Å²) in [4.78, 5) is 39.3. The van der Waals surface area contributed by atoms with Gasteiger partial charge in [0.25, 0.3) is 11.7 Å². The summed E-state index contributed by atoms with van der Waals surface area (Å²) in [6.07, 6.45) is 14.5. The van der Waals surface area contributed by atoms with E-state index in [-0.39, 0.29) is 18.9 Å². The lowest BCUT2D eigenvalue weighted by molar-refractivity contribution is -0.369. The van der Waals surface area contributed by atoms with Gasteiger partial charge in [0.1, 0.15) is 61.0 Å². The van der Waals surface area contributed by atoms with Crippen molar-refractivity contribution in [2.75, 3.05) is 26.4 Å². The van der Waals surface area contributed by atoms with Crippen LogP contribution in [0, 0.1) is 0 Å². The molecule has 4 aliphatic heterocycles. The van der Waals surface area contributed by atoms with E-state index in [1.54, 1.807) is 6.08 Å². The fraction of sp³-hybridized carbons (Fsp3) is 0.914. The van der Waals surface area contributed by atoms with E-state index in [1.165, 1.54) is 122 Å². The standard InChI is InChI=1S/C58H105N3O18/c1-4-6-8-10-12-14-16-18-19-21-23-25-27-29-31-33-46(69)60-40(41(65)32-30-28-26-24-22-20-17-15-13-11-9-7-5-2)37-74-56-51(72)50(71)53(45(36-63)76-56)77-55-48-52(44(68)38-75-55)78-58(57(73)61-48)34-42(66)47(59-39(3)64)54(79-58)49(70)43(67)35-62/h30,32,40-45,47-56,62-63,65-68,70-72H,4-29,31,33-38H2,1-3H3,(H,59,64)(H,60,69)(H,61,73)/b32-30+/t40-,41+,42?,43-,44?,45+,47?,48?,49+,50+,51+,52?,53+,54?,55?,56+,58?/m0/s1. The van der Waals surface area contributed by atoms with Gasteiger partial charge in [-0.3, -0.25) is 14.4 Å². The molecule has 3 amide bonds. The molecule has 4 aliphatic rings. The number of allylic oxidation sites excluding steroid dienone is 1. The summed E-state index contributed by atoms with van der Waals surface area (Å²) >= 11 is 0. The highest BCUT2D eigenvalue weighted by atomic mass is 16.8. The van der Waals surface area contributed by atoms with Crippen molar-refractivity contribution in [1.82, 2.24) is 16.0 Å². The van der Waals surface area contributed by atoms with Crippen LogP contribution in [0.2, 0.25) is 0 Å². The van der Waals surface area contributed by atoms with Crippen LogP contribution in [0.15, 0.2) is 12.2 Å². The van der Waals surface area contributed by atoms with Gasteiger partial charge in [0.05, 0.1) is 50.7 Å². The monoisotopic (exact) mass is 1130 g/mol. The van der Waals surface area contributed by atoms with Crippen LogP contribution in [0.3, 0.4) is 0 Å². The zero-order chi connectivity index (χ0) is 57.6. The Balaban J connectivity index is 1.32. The van der Waals surface area contributed by atoms with Crippen LogP contribution >= 0.6 is 0 Å². The van der Waals surface area contributed by atoms with Crippen molar-refractivity contribution < 1.29 is 88.8 Å². The van der Waals surface area contributed by atoms with Crippen molar-refractivity contribution in [3.8, 4) is 0 Å². The van der Waals surface area contributed by atoms with Crippen LogP contribution in [0.1, 0.15) is 207 Å². The van der Waals surface area contributed by atoms with E-state index in [0.29, 0.717) is 6.42 Å². The lowest BCUT2D eigenvalue weighted by Gasteiger charge is -2.54. The van der Waals surface area contributed by atoms with E-state index in [1.807, 2.05) is 6.08 Å². The van der Waals surface area contributed by atoms with Crippen molar-refractivity contribution in [3.05, 3.63) is 12.2 Å². The van der Waals surface area contributed by atoms with Crippen molar-refractivity contribution in [3.63, 3.8) is 0 Å². The van der Waals surface area contributed by atoms with Gasteiger partial charge in [-0.05, 0) is 19.3 Å². The summed E-state index contributed by atoms with van der Waals surface area (Å²) in [6.45, 7) is 3.10. The van der Waals surface area contributed by atoms with Gasteiger partial charge in [0.15, 0.2) is 12.6 Å². The number of aliphatic hydroxyl groups excluding tert-OH is 9. The second-order valence-electron chi connectivity index (χ2n) is 22.7. The molecule has 4 saturated heterocycles. The molecule has 0 radical (unpaired) electrons. The Hall–Kier alpha value is -2.45. The number of aliphatic hydroxyl groups is 9. The molecule has 0 aromatic carbocycles. The summed E-state index contributed by atoms with van der Waals surface area (Å²) in [7, 11) is 0. The van der Waals surface area contributed by atoms with E-state index in [4.69, 9.17) is 28.4 Å². The minimum atomic E-state index is -2.40. The van der Waals surface area contributed by atoms with Gasteiger partial charge in [-0.25, -0.2) is 0 Å². The number of hydrogen-bond donors (Lipinski definition) is 12. The predicted octanol–water partition coefficient (Wildman–Crippen LogP) is 3.86. The van der Waals surface area contributed by atoms with Crippen molar-refractivity contribution in [2.24, 2.45) is 0 Å². The molecule has 1 spiro atoms. The maximum Gasteiger partial charge on any atom is 0.280 e. The average molecular weight is 1130 g/mol. The molecular weight excluding hydrogens is 1030 g/mol. The third kappa shape index (κ3) is 23.3. The SMILES string of the molecule is CCCCCCCCCCCCC/C=C/[C@@H](O)[C@H](CO[C@@H]1O[C@H](CO)[C@@H](OC2OCC(O)C3OC4(CC(O)C(NC(C)=O)C([C@H](O)[C@@H](O)CO)O4)C(=O)NC23)[C@H](O)[C@H]1O)NC(=O)CCCCCCCCCCCCCCCCC. The summed E-state index contributed by atoms with van der Waals surface area (Å²) in [5, 5.41) is 106. The number of carbonyl (C=O) groups excluding carboxylic acids is 3. The largest absolute Gasteiger partial charge is 0.394 e. The normalized spacial score (nSPS) is 30.7. The highest BCUT2D eigenvalue weighted by molar-refractivity contribution is 5.85. The number of hydrogen-bond acceptors (Lipinski definition) is 18. The molecule has 0 bridgehead atoms. The number of amides is 3. The first-order chi connectivity index (χ1) is 38.1. The molecular formula is C58H105N3O18. The molecule has 0 aromatic heterocycles. The Labute approximate surface area is 470 Å². The first-order valence-electron chi connectivity index (χ1n) is 30.5. The van der Waals surface area contributed by atoms with Gasteiger partial charge in [0.2, 0.25) is 11.8 Å². The highest BCUT2D eigenvalue weighted by Gasteiger charge is 2.62. The molecule has 17 atom stereocenters. The highest BCUT2D eigenvalue weighted by Crippen LogP contribution is 2.40. The van der Waals surface area contributed by atoms with Gasteiger partial charge < -0.3 is 90.3 Å². The topological polar surface area (TPSA) is 325 Å². The summed E-state index contributed by atoms with van der Waals surface area (Å²) in [5.41, 5.74) is 0. The van der Waals surface area contributed by atoms with Crippen molar-refractivity contribution in [2.45, 2.75) is 311 Å². The fourth-order valence-electron chi connectivity index (χ4n) is 11.1. The van der Waals surface area contributed by atoms with Gasteiger partial charge in [-0.15, -0.1) is 0 Å². The van der Waals surface area contributed by atoms with Crippen LogP contribution in [0.4, 0.5) is 0 Å². The Morgan fingerprint density at radius 3 is 1.81 bits per heavy atom.